The lowest BCUT2D eigenvalue weighted by atomic mass is 9.95. The number of carbonyl (C=O) groups is 1. The Bertz CT molecular complexity index is 734. The van der Waals surface area contributed by atoms with Crippen molar-refractivity contribution in [2.75, 3.05) is 6.54 Å². The molecule has 1 aromatic carbocycles. The van der Waals surface area contributed by atoms with Crippen LogP contribution < -0.4 is 4.74 Å². The first-order chi connectivity index (χ1) is 10.4. The monoisotopic (exact) mass is 297 g/mol. The van der Waals surface area contributed by atoms with Crippen molar-refractivity contribution in [2.45, 2.75) is 39.2 Å². The Kier molecular flexibility index (Phi) is 3.37. The van der Waals surface area contributed by atoms with Gasteiger partial charge in [-0.25, -0.2) is 0 Å². The van der Waals surface area contributed by atoms with E-state index in [1.54, 1.807) is 25.7 Å². The summed E-state index contributed by atoms with van der Waals surface area (Å²) in [4.78, 5) is 13.8. The summed E-state index contributed by atoms with van der Waals surface area (Å²) in [5.74, 6) is 6.66. The number of carbonyl (C=O) groups excluding carboxylic acids is 1. The normalized spacial score (nSPS) is 19.4. The van der Waals surface area contributed by atoms with Crippen LogP contribution in [0.5, 0.6) is 5.75 Å². The maximum atomic E-state index is 12.2. The molecule has 0 spiro atoms. The van der Waals surface area contributed by atoms with E-state index < -0.39 is 5.60 Å². The first kappa shape index (κ1) is 14.5. The highest BCUT2D eigenvalue weighted by Crippen LogP contribution is 2.42. The molecule has 0 saturated carbocycles. The summed E-state index contributed by atoms with van der Waals surface area (Å²) >= 11 is 0. The number of aliphatic hydroxyl groups is 1. The molecule has 22 heavy (non-hydrogen) atoms. The molecule has 0 unspecified atom stereocenters. The van der Waals surface area contributed by atoms with E-state index in [-0.39, 0.29) is 11.7 Å². The fraction of sp³-hybridized carbons (Fsp3) is 0.389. The summed E-state index contributed by atoms with van der Waals surface area (Å²) in [5.41, 5.74) is 1.27. The van der Waals surface area contributed by atoms with Gasteiger partial charge in [0.2, 0.25) is 5.91 Å². The van der Waals surface area contributed by atoms with Gasteiger partial charge in [0.15, 0.2) is 11.4 Å². The number of aliphatic hydroxyl groups excluding tert-OH is 1. The van der Waals surface area contributed by atoms with Crippen molar-refractivity contribution in [2.24, 2.45) is 0 Å². The molecule has 114 valence electrons. The van der Waals surface area contributed by atoms with Crippen molar-refractivity contribution in [3.05, 3.63) is 35.1 Å². The highest BCUT2D eigenvalue weighted by Gasteiger charge is 2.40. The molecule has 2 aliphatic heterocycles. The number of fused-ring (bicyclic) bond motifs is 1. The minimum Gasteiger partial charge on any atom is -0.506 e. The Labute approximate surface area is 130 Å². The molecule has 0 bridgehead atoms. The molecule has 1 saturated heterocycles. The molecule has 0 atom stereocenters. The second-order valence-corrected chi connectivity index (χ2v) is 6.04. The number of amides is 1. The van der Waals surface area contributed by atoms with E-state index in [1.807, 2.05) is 18.2 Å². The van der Waals surface area contributed by atoms with Crippen molar-refractivity contribution in [1.29, 1.82) is 0 Å². The summed E-state index contributed by atoms with van der Waals surface area (Å²) < 4.78 is 5.90. The third kappa shape index (κ3) is 2.23. The van der Waals surface area contributed by atoms with E-state index in [0.29, 0.717) is 24.4 Å². The van der Waals surface area contributed by atoms with Crippen LogP contribution in [0.3, 0.4) is 0 Å². The van der Waals surface area contributed by atoms with Gasteiger partial charge in [0.1, 0.15) is 5.75 Å². The summed E-state index contributed by atoms with van der Waals surface area (Å²) in [7, 11) is 0. The van der Waals surface area contributed by atoms with E-state index >= 15 is 0 Å². The summed E-state index contributed by atoms with van der Waals surface area (Å²) in [6, 6.07) is 5.61. The Hall–Kier alpha value is -2.41. The lowest BCUT2D eigenvalue weighted by Gasteiger charge is -2.36. The number of rotatable bonds is 1. The van der Waals surface area contributed by atoms with Gasteiger partial charge < -0.3 is 14.7 Å². The Balaban J connectivity index is 2.21. The van der Waals surface area contributed by atoms with Crippen LogP contribution in [0.4, 0.5) is 0 Å². The average molecular weight is 297 g/mol. The van der Waals surface area contributed by atoms with Crippen LogP contribution in [0.1, 0.15) is 44.7 Å². The largest absolute Gasteiger partial charge is 0.506 e. The maximum absolute atomic E-state index is 12.2. The quantitative estimate of drug-likeness (QED) is 0.810. The second kappa shape index (κ2) is 5.10. The SMILES string of the molecule is CC#Cc1ccc2c(c1)C(N1CCCC1=O)=C(O)C(C)(C)O2. The van der Waals surface area contributed by atoms with E-state index in [2.05, 4.69) is 11.8 Å². The number of nitrogens with zero attached hydrogens (tertiary/aromatic N) is 1. The second-order valence-electron chi connectivity index (χ2n) is 6.04. The van der Waals surface area contributed by atoms with Crippen LogP contribution in [-0.4, -0.2) is 28.1 Å². The van der Waals surface area contributed by atoms with Gasteiger partial charge in [-0.2, -0.15) is 0 Å². The molecule has 2 aliphatic rings. The fourth-order valence-electron chi connectivity index (χ4n) is 2.92. The Morgan fingerprint density at radius 3 is 2.77 bits per heavy atom. The maximum Gasteiger partial charge on any atom is 0.227 e. The number of likely N-dealkylation sites (tertiary alicyclic amines) is 1. The molecule has 4 nitrogen and oxygen atoms in total. The summed E-state index contributed by atoms with van der Waals surface area (Å²) in [6.07, 6.45) is 1.32. The highest BCUT2D eigenvalue weighted by atomic mass is 16.5. The van der Waals surface area contributed by atoms with Crippen LogP contribution in [-0.2, 0) is 4.79 Å². The predicted octanol–water partition coefficient (Wildman–Crippen LogP) is 3.08. The molecule has 1 aromatic rings. The first-order valence-corrected chi connectivity index (χ1v) is 7.44. The molecule has 1 N–H and O–H groups in total. The highest BCUT2D eigenvalue weighted by molar-refractivity contribution is 5.91. The van der Waals surface area contributed by atoms with Crippen LogP contribution in [0.2, 0.25) is 0 Å². The molecule has 1 fully saturated rings. The third-order valence-electron chi connectivity index (χ3n) is 4.01. The van der Waals surface area contributed by atoms with Crippen molar-refractivity contribution in [1.82, 2.24) is 4.90 Å². The van der Waals surface area contributed by atoms with Gasteiger partial charge in [0, 0.05) is 24.1 Å². The number of ether oxygens (including phenoxy) is 1. The zero-order valence-electron chi connectivity index (χ0n) is 13.1. The summed E-state index contributed by atoms with van der Waals surface area (Å²) in [5, 5.41) is 10.7. The molecular formula is C18H19NO3. The number of hydrogen-bond acceptors (Lipinski definition) is 3. The van der Waals surface area contributed by atoms with E-state index in [4.69, 9.17) is 4.74 Å². The molecule has 2 heterocycles. The van der Waals surface area contributed by atoms with Crippen molar-refractivity contribution in [3.63, 3.8) is 0 Å². The molecule has 4 heteroatoms. The predicted molar refractivity (Wildman–Crippen MR) is 84.2 cm³/mol. The van der Waals surface area contributed by atoms with Crippen LogP contribution in [0.15, 0.2) is 24.0 Å². The minimum absolute atomic E-state index is 0.0391. The molecular weight excluding hydrogens is 278 g/mol. The topological polar surface area (TPSA) is 49.8 Å². The van der Waals surface area contributed by atoms with Gasteiger partial charge in [0.25, 0.3) is 0 Å². The van der Waals surface area contributed by atoms with Crippen molar-refractivity contribution >= 4 is 11.6 Å². The third-order valence-corrected chi connectivity index (χ3v) is 4.01. The molecule has 1 amide bonds. The molecule has 0 radical (unpaired) electrons. The first-order valence-electron chi connectivity index (χ1n) is 7.44. The Morgan fingerprint density at radius 2 is 2.14 bits per heavy atom. The molecule has 3 rings (SSSR count). The van der Waals surface area contributed by atoms with Crippen LogP contribution in [0, 0.1) is 11.8 Å². The summed E-state index contributed by atoms with van der Waals surface area (Å²) in [6.45, 7) is 5.99. The average Bonchev–Trinajstić information content (AvgIpc) is 2.87. The van der Waals surface area contributed by atoms with Crippen molar-refractivity contribution in [3.8, 4) is 17.6 Å². The van der Waals surface area contributed by atoms with Gasteiger partial charge in [-0.05, 0) is 45.4 Å². The zero-order chi connectivity index (χ0) is 15.9. The minimum atomic E-state index is -0.858. The van der Waals surface area contributed by atoms with Crippen molar-refractivity contribution < 1.29 is 14.6 Å². The molecule has 0 aliphatic carbocycles. The van der Waals surface area contributed by atoms with Crippen LogP contribution >= 0.6 is 0 Å². The Morgan fingerprint density at radius 1 is 1.36 bits per heavy atom. The number of hydrogen-bond donors (Lipinski definition) is 1. The van der Waals surface area contributed by atoms with E-state index in [9.17, 15) is 9.90 Å². The lowest BCUT2D eigenvalue weighted by Crippen LogP contribution is -2.38. The standard InChI is InChI=1S/C18H19NO3/c1-4-6-12-8-9-14-13(11-12)16(17(21)18(2,3)22-14)19-10-5-7-15(19)20/h8-9,11,21H,5,7,10H2,1-3H3. The van der Waals surface area contributed by atoms with Crippen LogP contribution in [0.25, 0.3) is 5.70 Å². The van der Waals surface area contributed by atoms with Gasteiger partial charge in [-0.15, -0.1) is 5.92 Å². The fourth-order valence-corrected chi connectivity index (χ4v) is 2.92. The van der Waals surface area contributed by atoms with Gasteiger partial charge in [-0.3, -0.25) is 4.79 Å². The number of benzene rings is 1. The smallest absolute Gasteiger partial charge is 0.227 e. The van der Waals surface area contributed by atoms with E-state index in [0.717, 1.165) is 17.5 Å². The van der Waals surface area contributed by atoms with Gasteiger partial charge in [-0.1, -0.05) is 5.92 Å². The van der Waals surface area contributed by atoms with E-state index in [1.165, 1.54) is 0 Å². The molecule has 0 aromatic heterocycles. The lowest BCUT2D eigenvalue weighted by molar-refractivity contribution is -0.125. The zero-order valence-corrected chi connectivity index (χ0v) is 13.1. The van der Waals surface area contributed by atoms with Gasteiger partial charge >= 0.3 is 0 Å². The van der Waals surface area contributed by atoms with Gasteiger partial charge in [0.05, 0.1) is 5.70 Å².